The van der Waals surface area contributed by atoms with Crippen molar-refractivity contribution in [3.05, 3.63) is 41.5 Å². The topological polar surface area (TPSA) is 18.5 Å². The Balaban J connectivity index is 2.74. The number of hydrogen-bond donors (Lipinski definition) is 0. The highest BCUT2D eigenvalue weighted by Gasteiger charge is 2.22. The second-order valence-electron chi connectivity index (χ2n) is 4.37. The van der Waals surface area contributed by atoms with E-state index in [-0.39, 0.29) is 0 Å². The fraction of sp³-hybridized carbons (Fsp3) is 0.467. The molecule has 0 bridgehead atoms. The average Bonchev–Trinajstić information content (AvgIpc) is 2.39. The van der Waals surface area contributed by atoms with Crippen LogP contribution in [-0.4, -0.2) is 22.5 Å². The van der Waals surface area contributed by atoms with Crippen LogP contribution in [-0.2, 0) is 8.85 Å². The monoisotopic (exact) mass is 264 g/mol. The normalized spacial score (nSPS) is 13.9. The molecule has 0 fully saturated rings. The Kier molecular flexibility index (Phi) is 6.94. The fourth-order valence-electron chi connectivity index (χ4n) is 1.82. The Morgan fingerprint density at radius 3 is 2.22 bits per heavy atom. The van der Waals surface area contributed by atoms with Crippen LogP contribution in [0.3, 0.4) is 0 Å². The van der Waals surface area contributed by atoms with Gasteiger partial charge in [0.2, 0.25) is 0 Å². The zero-order chi connectivity index (χ0) is 13.4. The Bertz CT molecular complexity index is 356. The molecule has 0 heterocycles. The predicted octanol–water partition coefficient (Wildman–Crippen LogP) is 3.77. The Labute approximate surface area is 112 Å². The number of benzene rings is 1. The average molecular weight is 264 g/mol. The first-order valence-electron chi connectivity index (χ1n) is 6.65. The molecule has 100 valence electrons. The number of hydrogen-bond acceptors (Lipinski definition) is 2. The summed E-state index contributed by atoms with van der Waals surface area (Å²) in [4.78, 5) is 0. The lowest BCUT2D eigenvalue weighted by molar-refractivity contribution is 0.208. The quantitative estimate of drug-likeness (QED) is 0.698. The zero-order valence-electron chi connectivity index (χ0n) is 11.8. The van der Waals surface area contributed by atoms with Gasteiger partial charge in [-0.3, -0.25) is 0 Å². The summed E-state index contributed by atoms with van der Waals surface area (Å²) in [6.45, 7) is 9.90. The van der Waals surface area contributed by atoms with E-state index in [4.69, 9.17) is 8.85 Å². The summed E-state index contributed by atoms with van der Waals surface area (Å²) >= 11 is 0. The largest absolute Gasteiger partial charge is 0.396 e. The Morgan fingerprint density at radius 2 is 1.72 bits per heavy atom. The van der Waals surface area contributed by atoms with Gasteiger partial charge >= 0.3 is 9.28 Å². The van der Waals surface area contributed by atoms with Crippen LogP contribution >= 0.6 is 0 Å². The molecule has 0 N–H and O–H groups in total. The van der Waals surface area contributed by atoms with Crippen molar-refractivity contribution in [2.75, 3.05) is 13.2 Å². The van der Waals surface area contributed by atoms with E-state index in [1.165, 1.54) is 11.1 Å². The van der Waals surface area contributed by atoms with Crippen molar-refractivity contribution >= 4 is 15.4 Å². The van der Waals surface area contributed by atoms with Gasteiger partial charge in [-0.1, -0.05) is 48.9 Å². The molecule has 0 saturated heterocycles. The van der Waals surface area contributed by atoms with Gasteiger partial charge in [0.15, 0.2) is 0 Å². The molecule has 0 aliphatic rings. The maximum atomic E-state index is 5.78. The van der Waals surface area contributed by atoms with Crippen LogP contribution in [0.5, 0.6) is 0 Å². The number of rotatable bonds is 7. The second kappa shape index (κ2) is 8.24. The van der Waals surface area contributed by atoms with Gasteiger partial charge in [-0.05, 0) is 26.3 Å². The van der Waals surface area contributed by atoms with Crippen molar-refractivity contribution in [3.8, 4) is 0 Å². The maximum absolute atomic E-state index is 5.78. The van der Waals surface area contributed by atoms with E-state index in [0.717, 1.165) is 13.2 Å². The van der Waals surface area contributed by atoms with Crippen LogP contribution in [0, 0.1) is 0 Å². The maximum Gasteiger partial charge on any atom is 0.328 e. The lowest BCUT2D eigenvalue weighted by Crippen LogP contribution is -2.28. The first-order chi connectivity index (χ1) is 8.69. The standard InChI is InChI=1S/C15H24O2Si/c1-5-16-18(17-6-2)14(4)13(3)12-15-10-8-7-9-11-15/h7-12,14,18H,5-6H2,1-4H3. The van der Waals surface area contributed by atoms with Crippen LogP contribution in [0.4, 0.5) is 0 Å². The van der Waals surface area contributed by atoms with Gasteiger partial charge in [-0.25, -0.2) is 0 Å². The highest BCUT2D eigenvalue weighted by atomic mass is 28.3. The molecular weight excluding hydrogens is 240 g/mol. The molecule has 0 saturated carbocycles. The van der Waals surface area contributed by atoms with Crippen LogP contribution in [0.1, 0.15) is 33.3 Å². The van der Waals surface area contributed by atoms with Crippen LogP contribution in [0.15, 0.2) is 35.9 Å². The van der Waals surface area contributed by atoms with Crippen molar-refractivity contribution in [2.24, 2.45) is 0 Å². The number of allylic oxidation sites excluding steroid dienone is 1. The van der Waals surface area contributed by atoms with Gasteiger partial charge in [0.05, 0.1) is 0 Å². The van der Waals surface area contributed by atoms with Gasteiger partial charge in [0.1, 0.15) is 0 Å². The smallest absolute Gasteiger partial charge is 0.328 e. The van der Waals surface area contributed by atoms with Crippen molar-refractivity contribution in [1.82, 2.24) is 0 Å². The molecule has 0 aromatic heterocycles. The van der Waals surface area contributed by atoms with Crippen molar-refractivity contribution in [2.45, 2.75) is 33.2 Å². The van der Waals surface area contributed by atoms with E-state index in [1.807, 2.05) is 19.9 Å². The SMILES string of the molecule is CCO[SiH](OCC)C(C)C(C)=Cc1ccccc1. The van der Waals surface area contributed by atoms with E-state index in [0.29, 0.717) is 5.54 Å². The Hall–Kier alpha value is -0.903. The lowest BCUT2D eigenvalue weighted by Gasteiger charge is -2.22. The highest BCUT2D eigenvalue weighted by Crippen LogP contribution is 2.24. The minimum atomic E-state index is -1.60. The molecule has 1 aromatic carbocycles. The molecule has 1 atom stereocenters. The predicted molar refractivity (Wildman–Crippen MR) is 79.9 cm³/mol. The summed E-state index contributed by atoms with van der Waals surface area (Å²) in [7, 11) is -1.60. The molecule has 1 aromatic rings. The molecule has 0 aliphatic heterocycles. The van der Waals surface area contributed by atoms with Crippen molar-refractivity contribution in [1.29, 1.82) is 0 Å². The molecule has 0 radical (unpaired) electrons. The summed E-state index contributed by atoms with van der Waals surface area (Å²) in [6.07, 6.45) is 2.22. The molecule has 2 nitrogen and oxygen atoms in total. The zero-order valence-corrected chi connectivity index (χ0v) is 13.0. The molecule has 0 aliphatic carbocycles. The summed E-state index contributed by atoms with van der Waals surface area (Å²) < 4.78 is 11.6. The fourth-order valence-corrected chi connectivity index (χ4v) is 3.68. The van der Waals surface area contributed by atoms with Crippen LogP contribution in [0.25, 0.3) is 6.08 Å². The second-order valence-corrected chi connectivity index (χ2v) is 6.77. The van der Waals surface area contributed by atoms with E-state index < -0.39 is 9.28 Å². The van der Waals surface area contributed by atoms with E-state index in [1.54, 1.807) is 0 Å². The summed E-state index contributed by atoms with van der Waals surface area (Å²) in [5.74, 6) is 0. The third kappa shape index (κ3) is 4.76. The molecule has 1 rings (SSSR count). The first kappa shape index (κ1) is 15.2. The third-order valence-corrected chi connectivity index (χ3v) is 5.65. The molecule has 3 heteroatoms. The van der Waals surface area contributed by atoms with Gasteiger partial charge in [0.25, 0.3) is 0 Å². The van der Waals surface area contributed by atoms with Crippen LogP contribution in [0.2, 0.25) is 5.54 Å². The Morgan fingerprint density at radius 1 is 1.17 bits per heavy atom. The molecule has 1 unspecified atom stereocenters. The lowest BCUT2D eigenvalue weighted by atomic mass is 10.1. The van der Waals surface area contributed by atoms with E-state index >= 15 is 0 Å². The van der Waals surface area contributed by atoms with E-state index in [9.17, 15) is 0 Å². The molecular formula is C15H24O2Si. The van der Waals surface area contributed by atoms with Crippen molar-refractivity contribution in [3.63, 3.8) is 0 Å². The van der Waals surface area contributed by atoms with Crippen molar-refractivity contribution < 1.29 is 8.85 Å². The minimum absolute atomic E-state index is 0.394. The van der Waals surface area contributed by atoms with E-state index in [2.05, 4.69) is 44.2 Å². The first-order valence-corrected chi connectivity index (χ1v) is 8.26. The summed E-state index contributed by atoms with van der Waals surface area (Å²) in [5, 5.41) is 0. The minimum Gasteiger partial charge on any atom is -0.396 e. The third-order valence-electron chi connectivity index (χ3n) is 2.98. The highest BCUT2D eigenvalue weighted by molar-refractivity contribution is 6.47. The summed E-state index contributed by atoms with van der Waals surface area (Å²) in [5.41, 5.74) is 2.97. The van der Waals surface area contributed by atoms with Gasteiger partial charge < -0.3 is 8.85 Å². The summed E-state index contributed by atoms with van der Waals surface area (Å²) in [6, 6.07) is 10.4. The molecule has 0 spiro atoms. The van der Waals surface area contributed by atoms with Crippen LogP contribution < -0.4 is 0 Å². The van der Waals surface area contributed by atoms with Gasteiger partial charge in [-0.15, -0.1) is 0 Å². The van der Waals surface area contributed by atoms with Gasteiger partial charge in [0, 0.05) is 18.8 Å². The van der Waals surface area contributed by atoms with Gasteiger partial charge in [-0.2, -0.15) is 0 Å². The molecule has 0 amide bonds. The molecule has 18 heavy (non-hydrogen) atoms.